The van der Waals surface area contributed by atoms with Gasteiger partial charge in [0.05, 0.1) is 18.8 Å². The van der Waals surface area contributed by atoms with E-state index in [4.69, 9.17) is 15.2 Å². The van der Waals surface area contributed by atoms with Crippen LogP contribution in [-0.2, 0) is 20.9 Å². The fraction of sp³-hybridized carbons (Fsp3) is 0.667. The van der Waals surface area contributed by atoms with E-state index in [1.54, 1.807) is 0 Å². The van der Waals surface area contributed by atoms with Crippen molar-refractivity contribution in [2.24, 2.45) is 17.6 Å². The lowest BCUT2D eigenvalue weighted by Crippen LogP contribution is -2.44. The first-order valence-corrected chi connectivity index (χ1v) is 9.96. The lowest BCUT2D eigenvalue weighted by Gasteiger charge is -2.27. The van der Waals surface area contributed by atoms with Crippen LogP contribution in [0.3, 0.4) is 0 Å². The summed E-state index contributed by atoms with van der Waals surface area (Å²) in [5.41, 5.74) is 8.03. The molecule has 3 unspecified atom stereocenters. The van der Waals surface area contributed by atoms with Gasteiger partial charge in [-0.15, -0.1) is 0 Å². The maximum atomic E-state index is 12.5. The van der Waals surface area contributed by atoms with Gasteiger partial charge in [-0.25, -0.2) is 0 Å². The number of nitrogens with two attached hydrogens (primary N) is 1. The minimum absolute atomic E-state index is 0.115. The predicted octanol–water partition coefficient (Wildman–Crippen LogP) is 3.47. The first-order valence-electron chi connectivity index (χ1n) is 9.96. The molecule has 1 aliphatic carbocycles. The van der Waals surface area contributed by atoms with Crippen molar-refractivity contribution in [1.82, 2.24) is 0 Å². The molecule has 3 rings (SSSR count). The van der Waals surface area contributed by atoms with Crippen molar-refractivity contribution in [3.05, 3.63) is 29.8 Å². The number of hydrogen-bond donors (Lipinski definition) is 2. The Kier molecular flexibility index (Phi) is 7.06. The first kappa shape index (κ1) is 19.3. The molecule has 1 aliphatic heterocycles. The normalized spacial score (nSPS) is 25.6. The molecular formula is C21H32N2O3. The van der Waals surface area contributed by atoms with Crippen LogP contribution in [0.5, 0.6) is 0 Å². The fourth-order valence-corrected chi connectivity index (χ4v) is 4.00. The Balaban J connectivity index is 1.50. The number of rotatable bonds is 6. The van der Waals surface area contributed by atoms with Crippen molar-refractivity contribution in [3.8, 4) is 0 Å². The molecule has 144 valence electrons. The molecule has 1 saturated heterocycles. The van der Waals surface area contributed by atoms with Gasteiger partial charge in [-0.05, 0) is 55.2 Å². The van der Waals surface area contributed by atoms with Crippen LogP contribution in [0, 0.1) is 11.8 Å². The highest BCUT2D eigenvalue weighted by Crippen LogP contribution is 2.26. The summed E-state index contributed by atoms with van der Waals surface area (Å²) in [4.78, 5) is 12.5. The van der Waals surface area contributed by atoms with Gasteiger partial charge >= 0.3 is 0 Å². The van der Waals surface area contributed by atoms with E-state index in [-0.39, 0.29) is 11.8 Å². The molecule has 0 bridgehead atoms. The van der Waals surface area contributed by atoms with Crippen LogP contribution in [0.15, 0.2) is 24.3 Å². The topological polar surface area (TPSA) is 73.6 Å². The second-order valence-corrected chi connectivity index (χ2v) is 7.87. The number of carbonyl (C=O) groups excluding carboxylic acids is 1. The molecule has 2 fully saturated rings. The Labute approximate surface area is 156 Å². The largest absolute Gasteiger partial charge is 0.381 e. The first-order chi connectivity index (χ1) is 12.6. The number of amides is 1. The zero-order valence-corrected chi connectivity index (χ0v) is 15.8. The van der Waals surface area contributed by atoms with Crippen molar-refractivity contribution in [2.45, 2.75) is 64.2 Å². The molecule has 3 atom stereocenters. The molecule has 0 aromatic heterocycles. The number of hydrogen-bond acceptors (Lipinski definition) is 4. The summed E-state index contributed by atoms with van der Waals surface area (Å²) in [5.74, 6) is 0.839. The molecule has 1 aromatic rings. The Bertz CT molecular complexity index is 586. The Morgan fingerprint density at radius 2 is 2.12 bits per heavy atom. The summed E-state index contributed by atoms with van der Waals surface area (Å²) >= 11 is 0. The smallest absolute Gasteiger partial charge is 0.241 e. The molecule has 2 aliphatic rings. The molecule has 3 N–H and O–H groups in total. The highest BCUT2D eigenvalue weighted by atomic mass is 16.5. The third-order valence-corrected chi connectivity index (χ3v) is 5.65. The SMILES string of the molecule is CC1CCCC(OCc2cccc(NC(=O)C(N)C3CCOCC3)c2)C1. The van der Waals surface area contributed by atoms with Crippen molar-refractivity contribution in [3.63, 3.8) is 0 Å². The fourth-order valence-electron chi connectivity index (χ4n) is 4.00. The van der Waals surface area contributed by atoms with E-state index in [0.717, 1.165) is 42.9 Å². The zero-order valence-electron chi connectivity index (χ0n) is 15.8. The second-order valence-electron chi connectivity index (χ2n) is 7.87. The van der Waals surface area contributed by atoms with Crippen LogP contribution in [0.1, 0.15) is 51.0 Å². The minimum atomic E-state index is -0.484. The van der Waals surface area contributed by atoms with Crippen LogP contribution in [0.2, 0.25) is 0 Å². The van der Waals surface area contributed by atoms with Gasteiger partial charge in [-0.1, -0.05) is 31.9 Å². The van der Waals surface area contributed by atoms with Gasteiger partial charge in [-0.2, -0.15) is 0 Å². The highest BCUT2D eigenvalue weighted by Gasteiger charge is 2.26. The minimum Gasteiger partial charge on any atom is -0.381 e. The third kappa shape index (κ3) is 5.53. The van der Waals surface area contributed by atoms with E-state index in [1.165, 1.54) is 12.8 Å². The van der Waals surface area contributed by atoms with Crippen LogP contribution in [0.25, 0.3) is 0 Å². The molecule has 26 heavy (non-hydrogen) atoms. The van der Waals surface area contributed by atoms with Crippen molar-refractivity contribution in [2.75, 3.05) is 18.5 Å². The Hall–Kier alpha value is -1.43. The molecule has 0 spiro atoms. The van der Waals surface area contributed by atoms with Gasteiger partial charge in [-0.3, -0.25) is 4.79 Å². The van der Waals surface area contributed by atoms with Gasteiger partial charge in [0.1, 0.15) is 0 Å². The molecule has 1 heterocycles. The number of anilines is 1. The molecule has 1 aromatic carbocycles. The number of nitrogens with one attached hydrogen (secondary N) is 1. The summed E-state index contributed by atoms with van der Waals surface area (Å²) in [5, 5.41) is 2.96. The number of ether oxygens (including phenoxy) is 2. The van der Waals surface area contributed by atoms with Crippen molar-refractivity contribution >= 4 is 11.6 Å². The Morgan fingerprint density at radius 3 is 2.88 bits per heavy atom. The lowest BCUT2D eigenvalue weighted by molar-refractivity contribution is -0.119. The van der Waals surface area contributed by atoms with E-state index in [0.29, 0.717) is 25.9 Å². The summed E-state index contributed by atoms with van der Waals surface area (Å²) < 4.78 is 11.4. The maximum absolute atomic E-state index is 12.5. The maximum Gasteiger partial charge on any atom is 0.241 e. The lowest BCUT2D eigenvalue weighted by atomic mass is 9.89. The number of carbonyl (C=O) groups is 1. The van der Waals surface area contributed by atoms with Crippen molar-refractivity contribution in [1.29, 1.82) is 0 Å². The van der Waals surface area contributed by atoms with Crippen LogP contribution < -0.4 is 11.1 Å². The van der Waals surface area contributed by atoms with E-state index < -0.39 is 6.04 Å². The average molecular weight is 360 g/mol. The summed E-state index contributed by atoms with van der Waals surface area (Å²) in [6.07, 6.45) is 6.93. The standard InChI is InChI=1S/C21H32N2O3/c1-15-4-2-7-19(12-15)26-14-16-5-3-6-18(13-16)23-21(24)20(22)17-8-10-25-11-9-17/h3,5-6,13,15,17,19-20H,2,4,7-12,14,22H2,1H3,(H,23,24). The zero-order chi connectivity index (χ0) is 18.4. The van der Waals surface area contributed by atoms with E-state index in [9.17, 15) is 4.79 Å². The molecule has 1 amide bonds. The van der Waals surface area contributed by atoms with Gasteiger partial charge in [0.25, 0.3) is 0 Å². The predicted molar refractivity (Wildman–Crippen MR) is 103 cm³/mol. The molecule has 5 nitrogen and oxygen atoms in total. The average Bonchev–Trinajstić information content (AvgIpc) is 2.67. The van der Waals surface area contributed by atoms with Crippen LogP contribution in [-0.4, -0.2) is 31.3 Å². The summed E-state index contributed by atoms with van der Waals surface area (Å²) in [6, 6.07) is 7.40. The quantitative estimate of drug-likeness (QED) is 0.815. The van der Waals surface area contributed by atoms with Crippen molar-refractivity contribution < 1.29 is 14.3 Å². The van der Waals surface area contributed by atoms with Gasteiger partial charge in [0.15, 0.2) is 0 Å². The molecular weight excluding hydrogens is 328 g/mol. The van der Waals surface area contributed by atoms with Crippen LogP contribution in [0.4, 0.5) is 5.69 Å². The summed E-state index contributed by atoms with van der Waals surface area (Å²) in [7, 11) is 0. The third-order valence-electron chi connectivity index (χ3n) is 5.65. The van der Waals surface area contributed by atoms with Crippen LogP contribution >= 0.6 is 0 Å². The van der Waals surface area contributed by atoms with Gasteiger partial charge < -0.3 is 20.5 Å². The van der Waals surface area contributed by atoms with E-state index >= 15 is 0 Å². The van der Waals surface area contributed by atoms with E-state index in [1.807, 2.05) is 24.3 Å². The Morgan fingerprint density at radius 1 is 1.31 bits per heavy atom. The summed E-state index contributed by atoms with van der Waals surface area (Å²) in [6.45, 7) is 4.27. The van der Waals surface area contributed by atoms with Gasteiger partial charge in [0.2, 0.25) is 5.91 Å². The monoisotopic (exact) mass is 360 g/mol. The molecule has 0 radical (unpaired) electrons. The highest BCUT2D eigenvalue weighted by molar-refractivity contribution is 5.94. The number of benzene rings is 1. The molecule has 1 saturated carbocycles. The van der Waals surface area contributed by atoms with Gasteiger partial charge in [0, 0.05) is 18.9 Å². The van der Waals surface area contributed by atoms with E-state index in [2.05, 4.69) is 12.2 Å². The molecule has 5 heteroatoms. The second kappa shape index (κ2) is 9.49.